The zero-order chi connectivity index (χ0) is 24.9. The molecule has 2 fully saturated rings. The number of hydrogen-bond donors (Lipinski definition) is 4. The Kier molecular flexibility index (Phi) is 11.6. The van der Waals surface area contributed by atoms with Gasteiger partial charge >= 0.3 is 25.2 Å². The molecule has 1 unspecified atom stereocenters. The van der Waals surface area contributed by atoms with Gasteiger partial charge in [0.25, 0.3) is 0 Å². The highest BCUT2D eigenvalue weighted by Gasteiger charge is 2.58. The van der Waals surface area contributed by atoms with E-state index in [2.05, 4.69) is 5.32 Å². The minimum Gasteiger partial charge on any atom is -0.480 e. The number of halogens is 1. The zero-order valence-corrected chi connectivity index (χ0v) is 21.4. The van der Waals surface area contributed by atoms with Crippen molar-refractivity contribution in [3.05, 3.63) is 0 Å². The van der Waals surface area contributed by atoms with Gasteiger partial charge in [-0.2, -0.15) is 0 Å². The second kappa shape index (κ2) is 12.9. The largest absolute Gasteiger partial charge is 0.480 e. The van der Waals surface area contributed by atoms with Gasteiger partial charge in [0.2, 0.25) is 6.29 Å². The number of carboxylic acid groups (broad SMARTS) is 1. The number of carbonyl (C=O) groups excluding carboxylic acids is 2. The Bertz CT molecular complexity index is 706. The van der Waals surface area contributed by atoms with Gasteiger partial charge in [-0.25, -0.2) is 4.79 Å². The molecule has 13 heteroatoms. The van der Waals surface area contributed by atoms with Gasteiger partial charge < -0.3 is 29.5 Å². The molecule has 0 saturated carbocycles. The average molecular weight is 508 g/mol. The molecule has 0 aromatic heterocycles. The third-order valence-corrected chi connectivity index (χ3v) is 6.68. The Labute approximate surface area is 207 Å². The molecule has 2 aliphatic rings. The number of ether oxygens (including phenoxy) is 2. The van der Waals surface area contributed by atoms with Crippen LogP contribution in [-0.4, -0.2) is 101 Å². The fourth-order valence-corrected chi connectivity index (χ4v) is 5.22. The van der Waals surface area contributed by atoms with E-state index >= 15 is 0 Å². The summed E-state index contributed by atoms with van der Waals surface area (Å²) in [6, 6.07) is -0.811. The predicted molar refractivity (Wildman–Crippen MR) is 127 cm³/mol. The van der Waals surface area contributed by atoms with Gasteiger partial charge in [0.1, 0.15) is 11.6 Å². The molecule has 2 heterocycles. The highest BCUT2D eigenvalue weighted by atomic mass is 35.5. The SMILES string of the molecule is CC(OC(=O)[C@H](C(C)C)N(C)C)OC(=O)N1CC[C@H]2[C@@H]1CN[C@@]2(CCCCB(O)O)C(=O)O.Cl. The number of hydrogen-bond acceptors (Lipinski definition) is 9. The van der Waals surface area contributed by atoms with Crippen LogP contribution in [0.25, 0.3) is 0 Å². The van der Waals surface area contributed by atoms with Crippen molar-refractivity contribution >= 4 is 37.6 Å². The van der Waals surface area contributed by atoms with Crippen molar-refractivity contribution in [2.45, 2.75) is 76.7 Å². The molecule has 0 aromatic carbocycles. The lowest BCUT2D eigenvalue weighted by Crippen LogP contribution is -2.52. The van der Waals surface area contributed by atoms with Gasteiger partial charge in [0, 0.05) is 25.9 Å². The maximum absolute atomic E-state index is 12.8. The number of carboxylic acids is 1. The van der Waals surface area contributed by atoms with Gasteiger partial charge in [-0.05, 0) is 39.2 Å². The molecule has 2 saturated heterocycles. The summed E-state index contributed by atoms with van der Waals surface area (Å²) in [5, 5.41) is 31.1. The van der Waals surface area contributed by atoms with Gasteiger partial charge in [0.15, 0.2) is 0 Å². The lowest BCUT2D eigenvalue weighted by Gasteiger charge is -2.31. The number of rotatable bonds is 11. The van der Waals surface area contributed by atoms with Gasteiger partial charge in [-0.1, -0.05) is 26.7 Å². The first-order valence-electron chi connectivity index (χ1n) is 11.6. The summed E-state index contributed by atoms with van der Waals surface area (Å²) in [4.78, 5) is 40.7. The van der Waals surface area contributed by atoms with Crippen LogP contribution in [0.15, 0.2) is 0 Å². The topological polar surface area (TPSA) is 149 Å². The Morgan fingerprint density at radius 1 is 1.18 bits per heavy atom. The van der Waals surface area contributed by atoms with E-state index in [4.69, 9.17) is 19.5 Å². The number of nitrogens with zero attached hydrogens (tertiary/aromatic N) is 2. The number of likely N-dealkylation sites (tertiary alicyclic amines) is 1. The Hall–Kier alpha value is -1.60. The van der Waals surface area contributed by atoms with Crippen molar-refractivity contribution in [1.29, 1.82) is 0 Å². The number of nitrogens with one attached hydrogen (secondary N) is 1. The summed E-state index contributed by atoms with van der Waals surface area (Å²) in [5.41, 5.74) is -1.17. The normalized spacial score (nSPS) is 25.5. The molecule has 0 spiro atoms. The second-order valence-electron chi connectivity index (χ2n) is 9.58. The van der Waals surface area contributed by atoms with Crippen molar-refractivity contribution < 1.29 is 39.0 Å². The lowest BCUT2D eigenvalue weighted by atomic mass is 9.77. The molecular weight excluding hydrogens is 469 g/mol. The third-order valence-electron chi connectivity index (χ3n) is 6.68. The van der Waals surface area contributed by atoms with Gasteiger partial charge in [0.05, 0.1) is 6.04 Å². The van der Waals surface area contributed by atoms with E-state index in [-0.39, 0.29) is 36.6 Å². The summed E-state index contributed by atoms with van der Waals surface area (Å²) in [5.74, 6) is -1.72. The number of unbranched alkanes of at least 4 members (excludes halogenated alkanes) is 1. The number of aliphatic carboxylic acids is 1. The molecule has 0 bridgehead atoms. The van der Waals surface area contributed by atoms with Crippen LogP contribution in [-0.2, 0) is 19.1 Å². The van der Waals surface area contributed by atoms with Crippen LogP contribution in [0.3, 0.4) is 0 Å². The maximum Gasteiger partial charge on any atom is 0.451 e. The van der Waals surface area contributed by atoms with E-state index in [0.29, 0.717) is 38.8 Å². The average Bonchev–Trinajstić information content (AvgIpc) is 3.25. The summed E-state index contributed by atoms with van der Waals surface area (Å²) in [6.45, 7) is 5.97. The molecule has 2 aliphatic heterocycles. The standard InChI is InChI=1S/C21H38BN3O8.ClH/c1-13(2)17(24(4)5)18(26)32-14(3)33-20(29)25-11-8-15-16(25)12-23-21(15,19(27)28)9-6-7-10-22(30)31;/h13-17,23,30-31H,6-12H2,1-5H3,(H,27,28);1H/t14?,15-,16-,17-,21+;/m0./s1. The zero-order valence-electron chi connectivity index (χ0n) is 20.6. The Balaban J connectivity index is 0.00000578. The first-order valence-corrected chi connectivity index (χ1v) is 11.6. The van der Waals surface area contributed by atoms with Gasteiger partial charge in [-0.15, -0.1) is 12.4 Å². The fraction of sp³-hybridized carbons (Fsp3) is 0.857. The molecule has 1 amide bonds. The number of carbonyl (C=O) groups is 3. The van der Waals surface area contributed by atoms with E-state index in [1.54, 1.807) is 19.0 Å². The lowest BCUT2D eigenvalue weighted by molar-refractivity contribution is -0.173. The van der Waals surface area contributed by atoms with Gasteiger partial charge in [-0.3, -0.25) is 19.8 Å². The van der Waals surface area contributed by atoms with Crippen molar-refractivity contribution in [2.75, 3.05) is 27.2 Å². The molecule has 34 heavy (non-hydrogen) atoms. The van der Waals surface area contributed by atoms with E-state index in [1.807, 2.05) is 13.8 Å². The molecule has 5 atom stereocenters. The number of amides is 1. The van der Waals surface area contributed by atoms with Crippen LogP contribution in [0.4, 0.5) is 4.79 Å². The first kappa shape index (κ1) is 30.4. The quantitative estimate of drug-likeness (QED) is 0.137. The third kappa shape index (κ3) is 6.97. The van der Waals surface area contributed by atoms with Crippen molar-refractivity contribution in [2.24, 2.45) is 11.8 Å². The van der Waals surface area contributed by atoms with Crippen molar-refractivity contribution in [3.8, 4) is 0 Å². The second-order valence-corrected chi connectivity index (χ2v) is 9.58. The molecule has 0 aliphatic carbocycles. The molecule has 11 nitrogen and oxygen atoms in total. The van der Waals surface area contributed by atoms with Crippen LogP contribution >= 0.6 is 12.4 Å². The molecular formula is C21H39BClN3O8. The highest BCUT2D eigenvalue weighted by molar-refractivity contribution is 6.40. The summed E-state index contributed by atoms with van der Waals surface area (Å²) >= 11 is 0. The Morgan fingerprint density at radius 2 is 1.82 bits per heavy atom. The molecule has 4 N–H and O–H groups in total. The van der Waals surface area contributed by atoms with Crippen LogP contribution in [0.5, 0.6) is 0 Å². The summed E-state index contributed by atoms with van der Waals surface area (Å²) in [7, 11) is 2.15. The highest BCUT2D eigenvalue weighted by Crippen LogP contribution is 2.41. The minimum atomic E-state index is -1.41. The Morgan fingerprint density at radius 3 is 2.35 bits per heavy atom. The number of likely N-dealkylation sites (N-methyl/N-ethyl adjacent to an activating group) is 1. The molecule has 0 radical (unpaired) electrons. The van der Waals surface area contributed by atoms with Crippen LogP contribution in [0.1, 0.15) is 46.5 Å². The minimum absolute atomic E-state index is 0. The monoisotopic (exact) mass is 507 g/mol. The van der Waals surface area contributed by atoms with E-state index < -0.39 is 43.0 Å². The first-order chi connectivity index (χ1) is 15.4. The molecule has 2 rings (SSSR count). The summed E-state index contributed by atoms with van der Waals surface area (Å²) in [6.07, 6.45) is 0.310. The van der Waals surface area contributed by atoms with Crippen molar-refractivity contribution in [1.82, 2.24) is 15.1 Å². The molecule has 0 aromatic rings. The van der Waals surface area contributed by atoms with Crippen LogP contribution < -0.4 is 5.32 Å². The maximum atomic E-state index is 12.8. The van der Waals surface area contributed by atoms with Crippen LogP contribution in [0.2, 0.25) is 6.32 Å². The summed E-state index contributed by atoms with van der Waals surface area (Å²) < 4.78 is 10.7. The molecule has 196 valence electrons. The van der Waals surface area contributed by atoms with E-state index in [0.717, 1.165) is 0 Å². The smallest absolute Gasteiger partial charge is 0.451 e. The fourth-order valence-electron chi connectivity index (χ4n) is 5.22. The van der Waals surface area contributed by atoms with E-state index in [1.165, 1.54) is 11.8 Å². The number of esters is 1. The van der Waals surface area contributed by atoms with E-state index in [9.17, 15) is 19.5 Å². The number of fused-ring (bicyclic) bond motifs is 1. The van der Waals surface area contributed by atoms with Crippen LogP contribution in [0, 0.1) is 11.8 Å². The van der Waals surface area contributed by atoms with Crippen molar-refractivity contribution in [3.63, 3.8) is 0 Å². The predicted octanol–water partition coefficient (Wildman–Crippen LogP) is 0.780.